The summed E-state index contributed by atoms with van der Waals surface area (Å²) in [4.78, 5) is 18.0. The third kappa shape index (κ3) is 3.21. The zero-order valence-electron chi connectivity index (χ0n) is 15.1. The summed E-state index contributed by atoms with van der Waals surface area (Å²) in [6, 6.07) is 5.51. The number of anilines is 3. The maximum atomic E-state index is 12.3. The molecule has 0 bridgehead atoms. The van der Waals surface area contributed by atoms with Crippen LogP contribution in [0.4, 0.5) is 17.2 Å². The lowest BCUT2D eigenvalue weighted by molar-refractivity contribution is 0.588. The second-order valence-electron chi connectivity index (χ2n) is 6.52. The smallest absolute Gasteiger partial charge is 0.240 e. The van der Waals surface area contributed by atoms with Gasteiger partial charge in [-0.2, -0.15) is 0 Å². The molecule has 3 aliphatic rings. The van der Waals surface area contributed by atoms with Gasteiger partial charge in [0.05, 0.1) is 22.6 Å². The predicted molar refractivity (Wildman–Crippen MR) is 103 cm³/mol. The van der Waals surface area contributed by atoms with Crippen molar-refractivity contribution >= 4 is 27.2 Å². The molecule has 10 heteroatoms. The van der Waals surface area contributed by atoms with Crippen LogP contribution in [-0.4, -0.2) is 48.0 Å². The molecular weight excluding hydrogens is 366 g/mol. The van der Waals surface area contributed by atoms with Crippen molar-refractivity contribution in [3.63, 3.8) is 0 Å². The zero-order chi connectivity index (χ0) is 19.0. The average molecular weight is 387 g/mol. The molecule has 1 fully saturated rings. The number of H-pyrrole nitrogens is 1. The summed E-state index contributed by atoms with van der Waals surface area (Å²) in [6.07, 6.45) is 5.20. The molecule has 4 rings (SSSR count). The number of benzene rings is 1. The number of fused-ring (bicyclic) bond motifs is 1. The molecule has 0 aromatic heterocycles. The summed E-state index contributed by atoms with van der Waals surface area (Å²) in [6.45, 7) is 3.11. The van der Waals surface area contributed by atoms with Crippen LogP contribution in [0, 0.1) is 0 Å². The quantitative estimate of drug-likeness (QED) is 0.613. The van der Waals surface area contributed by atoms with Gasteiger partial charge in [-0.25, -0.2) is 28.1 Å². The van der Waals surface area contributed by atoms with E-state index in [-0.39, 0.29) is 4.90 Å². The van der Waals surface area contributed by atoms with Gasteiger partial charge in [-0.15, -0.1) is 0 Å². The molecule has 3 aliphatic heterocycles. The summed E-state index contributed by atoms with van der Waals surface area (Å²) in [5, 5.41) is 3.30. The molecule has 142 valence electrons. The zero-order valence-corrected chi connectivity index (χ0v) is 15.9. The first kappa shape index (κ1) is 17.7. The first-order chi connectivity index (χ1) is 13.0. The minimum Gasteiger partial charge on any atom is -0.367 e. The monoisotopic (exact) mass is 387 g/mol. The van der Waals surface area contributed by atoms with Gasteiger partial charge in [-0.3, -0.25) is 0 Å². The standard InChI is InChI=1S/C17H21N7O2S/c1-11-4-3-7-24(11)14-6-5-12(27(25,26)18-2)8-13(14)23-17-15-16(20-9-19-15)21-10-22-17/h5-6,8-11,18H,3-4,7H2,1-2H3,(H2,19,20,21,22,23). The number of rotatable bonds is 5. The highest BCUT2D eigenvalue weighted by atomic mass is 32.2. The Morgan fingerprint density at radius 3 is 2.85 bits per heavy atom. The maximum Gasteiger partial charge on any atom is 0.240 e. The number of nitrogens with zero attached hydrogens (tertiary/aromatic N) is 4. The molecule has 0 spiro atoms. The van der Waals surface area contributed by atoms with E-state index in [2.05, 4.69) is 41.8 Å². The largest absolute Gasteiger partial charge is 0.367 e. The van der Waals surface area contributed by atoms with E-state index in [0.29, 0.717) is 29.1 Å². The van der Waals surface area contributed by atoms with Gasteiger partial charge in [0.25, 0.3) is 0 Å². The van der Waals surface area contributed by atoms with E-state index in [1.54, 1.807) is 12.1 Å². The van der Waals surface area contributed by atoms with Crippen molar-refractivity contribution in [2.75, 3.05) is 23.8 Å². The lowest BCUT2D eigenvalue weighted by Crippen LogP contribution is -2.27. The van der Waals surface area contributed by atoms with Gasteiger partial charge < -0.3 is 15.2 Å². The molecule has 3 N–H and O–H groups in total. The normalized spacial score (nSPS) is 17.6. The lowest BCUT2D eigenvalue weighted by atomic mass is 10.2. The SMILES string of the molecule is CNS(=O)(=O)c1ccc(N2CCCC2C)c(Nc2[nH]cnc3ncnc2-3)c1. The van der Waals surface area contributed by atoms with E-state index in [0.717, 1.165) is 25.1 Å². The predicted octanol–water partition coefficient (Wildman–Crippen LogP) is 1.94. The molecule has 1 saturated heterocycles. The minimum atomic E-state index is -3.56. The van der Waals surface area contributed by atoms with Crippen molar-refractivity contribution in [3.05, 3.63) is 30.9 Å². The van der Waals surface area contributed by atoms with Crippen molar-refractivity contribution in [1.82, 2.24) is 24.7 Å². The van der Waals surface area contributed by atoms with E-state index < -0.39 is 10.0 Å². The van der Waals surface area contributed by atoms with Gasteiger partial charge in [0.15, 0.2) is 11.5 Å². The van der Waals surface area contributed by atoms with Crippen LogP contribution in [0.25, 0.3) is 11.5 Å². The third-order valence-electron chi connectivity index (χ3n) is 4.88. The van der Waals surface area contributed by atoms with Crippen LogP contribution in [0.1, 0.15) is 19.8 Å². The second-order valence-corrected chi connectivity index (χ2v) is 8.41. The molecule has 0 radical (unpaired) electrons. The van der Waals surface area contributed by atoms with Gasteiger partial charge in [0.1, 0.15) is 12.1 Å². The highest BCUT2D eigenvalue weighted by Crippen LogP contribution is 2.36. The summed E-state index contributed by atoms with van der Waals surface area (Å²) in [7, 11) is -2.16. The maximum absolute atomic E-state index is 12.3. The second kappa shape index (κ2) is 6.78. The Hall–Kier alpha value is -2.72. The van der Waals surface area contributed by atoms with Gasteiger partial charge >= 0.3 is 0 Å². The Labute approximate surface area is 157 Å². The van der Waals surface area contributed by atoms with E-state index in [4.69, 9.17) is 0 Å². The number of hydrogen-bond donors (Lipinski definition) is 3. The van der Waals surface area contributed by atoms with Gasteiger partial charge in [-0.1, -0.05) is 0 Å². The molecule has 1 atom stereocenters. The Morgan fingerprint density at radius 2 is 2.11 bits per heavy atom. The molecule has 1 aromatic carbocycles. The summed E-state index contributed by atoms with van der Waals surface area (Å²) < 4.78 is 26.9. The van der Waals surface area contributed by atoms with Crippen LogP contribution < -0.4 is 14.9 Å². The Bertz CT molecular complexity index is 1030. The average Bonchev–Trinajstić information content (AvgIpc) is 3.31. The minimum absolute atomic E-state index is 0.196. The van der Waals surface area contributed by atoms with Gasteiger partial charge in [-0.05, 0) is 45.0 Å². The topological polar surface area (TPSA) is 116 Å². The van der Waals surface area contributed by atoms with Gasteiger partial charge in [0, 0.05) is 12.6 Å². The molecule has 9 nitrogen and oxygen atoms in total. The first-order valence-corrected chi connectivity index (χ1v) is 10.2. The van der Waals surface area contributed by atoms with Crippen molar-refractivity contribution in [2.45, 2.75) is 30.7 Å². The molecule has 1 aromatic rings. The van der Waals surface area contributed by atoms with Crippen molar-refractivity contribution in [3.8, 4) is 11.5 Å². The van der Waals surface area contributed by atoms with E-state index in [9.17, 15) is 8.42 Å². The van der Waals surface area contributed by atoms with E-state index in [1.807, 2.05) is 6.07 Å². The van der Waals surface area contributed by atoms with Crippen molar-refractivity contribution in [1.29, 1.82) is 0 Å². The van der Waals surface area contributed by atoms with E-state index in [1.165, 1.54) is 19.7 Å². The fourth-order valence-corrected chi connectivity index (χ4v) is 4.19. The summed E-state index contributed by atoms with van der Waals surface area (Å²) >= 11 is 0. The highest BCUT2D eigenvalue weighted by Gasteiger charge is 2.25. The number of hydrogen-bond acceptors (Lipinski definition) is 7. The number of aromatic nitrogens is 4. The number of nitrogens with one attached hydrogen (secondary N) is 3. The first-order valence-electron chi connectivity index (χ1n) is 8.75. The fraction of sp³-hybridized carbons (Fsp3) is 0.353. The number of sulfonamides is 1. The summed E-state index contributed by atoms with van der Waals surface area (Å²) in [5.74, 6) is 1.14. The molecular formula is C17H21N7O2S. The Kier molecular flexibility index (Phi) is 4.44. The third-order valence-corrected chi connectivity index (χ3v) is 6.29. The van der Waals surface area contributed by atoms with Crippen LogP contribution in [-0.2, 0) is 10.0 Å². The Morgan fingerprint density at radius 1 is 1.26 bits per heavy atom. The van der Waals surface area contributed by atoms with Crippen LogP contribution >= 0.6 is 0 Å². The summed E-state index contributed by atoms with van der Waals surface area (Å²) in [5.41, 5.74) is 2.24. The highest BCUT2D eigenvalue weighted by molar-refractivity contribution is 7.89. The fourth-order valence-electron chi connectivity index (χ4n) is 3.43. The molecule has 0 saturated carbocycles. The lowest BCUT2D eigenvalue weighted by Gasteiger charge is -2.27. The number of aromatic amines is 1. The Balaban J connectivity index is 1.80. The van der Waals surface area contributed by atoms with Crippen LogP contribution in [0.15, 0.2) is 35.7 Å². The molecule has 27 heavy (non-hydrogen) atoms. The molecule has 0 aliphatic carbocycles. The molecule has 0 amide bonds. The molecule has 3 heterocycles. The molecule has 1 unspecified atom stereocenters. The van der Waals surface area contributed by atoms with Crippen LogP contribution in [0.2, 0.25) is 0 Å². The van der Waals surface area contributed by atoms with Crippen molar-refractivity contribution in [2.24, 2.45) is 0 Å². The van der Waals surface area contributed by atoms with Crippen LogP contribution in [0.5, 0.6) is 0 Å². The van der Waals surface area contributed by atoms with Gasteiger partial charge in [0.2, 0.25) is 10.0 Å². The van der Waals surface area contributed by atoms with Crippen molar-refractivity contribution < 1.29 is 8.42 Å². The van der Waals surface area contributed by atoms with Crippen LogP contribution in [0.3, 0.4) is 0 Å². The van der Waals surface area contributed by atoms with E-state index >= 15 is 0 Å². The number of imidazole rings is 1.